The topological polar surface area (TPSA) is 158 Å². The summed E-state index contributed by atoms with van der Waals surface area (Å²) in [5, 5.41) is 0. The van der Waals surface area contributed by atoms with E-state index in [-0.39, 0.29) is 27.4 Å². The quantitative estimate of drug-likeness (QED) is 0.309. The van der Waals surface area contributed by atoms with Crippen LogP contribution in [0.3, 0.4) is 0 Å². The zero-order valence-electron chi connectivity index (χ0n) is 4.51. The Bertz CT molecular complexity index is 29.1. The average molecular weight is 214 g/mol. The number of rotatable bonds is 0. The molecule has 0 spiro atoms. The molecule has 0 saturated heterocycles. The van der Waals surface area contributed by atoms with Crippen molar-refractivity contribution >= 4 is 0 Å². The molecule has 0 radical (unpaired) electrons. The van der Waals surface area contributed by atoms with Crippen molar-refractivity contribution in [2.75, 3.05) is 0 Å². The Labute approximate surface area is 59.3 Å². The third kappa shape index (κ3) is 7850. The van der Waals surface area contributed by atoms with Crippen LogP contribution < -0.4 is 0 Å². The molecule has 10 heteroatoms. The minimum absolute atomic E-state index is 0. The van der Waals surface area contributed by atoms with Gasteiger partial charge in [-0.2, -0.15) is 0 Å². The number of hydrogen-bond acceptors (Lipinski definition) is 0. The third-order valence-corrected chi connectivity index (χ3v) is 0. The summed E-state index contributed by atoms with van der Waals surface area (Å²) in [5.74, 6) is 0. The summed E-state index contributed by atoms with van der Waals surface area (Å²) < 4.78 is 39.5. The van der Waals surface area contributed by atoms with Gasteiger partial charge in [0.15, 0.2) is 0 Å². The normalized spacial score (nSPS) is 6.00. The second kappa shape index (κ2) is 16.1. The van der Waals surface area contributed by atoms with Gasteiger partial charge in [-0.15, -0.1) is 0 Å². The molecule has 0 atom stereocenters. The van der Waals surface area contributed by atoms with Crippen molar-refractivity contribution in [3.05, 3.63) is 0 Å². The minimum atomic E-state index is -7.00. The Morgan fingerprint density at radius 2 is 0.500 bits per heavy atom. The summed E-state index contributed by atoms with van der Waals surface area (Å²) in [6.45, 7) is 0. The van der Waals surface area contributed by atoms with Gasteiger partial charge in [0.25, 0.3) is 0 Å². The van der Waals surface area contributed by atoms with E-state index >= 15 is 0 Å². The zero-order chi connectivity index (χ0) is 4.50. The second-order valence-electron chi connectivity index (χ2n) is 0.429. The van der Waals surface area contributed by atoms with Crippen molar-refractivity contribution in [3.63, 3.8) is 0 Å². The summed E-state index contributed by atoms with van der Waals surface area (Å²) >= 11 is -7.00. The molecule has 10 heavy (non-hydrogen) atoms. The van der Waals surface area contributed by atoms with E-state index in [0.717, 1.165) is 0 Å². The maximum absolute atomic E-state index is 9.88. The van der Waals surface area contributed by atoms with Gasteiger partial charge in [0.2, 0.25) is 0 Å². The summed E-state index contributed by atoms with van der Waals surface area (Å²) in [4.78, 5) is 0. The first-order chi connectivity index (χ1) is 2.00. The van der Waals surface area contributed by atoms with Crippen molar-refractivity contribution in [1.82, 2.24) is 0 Å². The van der Waals surface area contributed by atoms with Crippen LogP contribution >= 0.6 is 0 Å². The molecular formula is H10F4O5Ti. The first-order valence-corrected chi connectivity index (χ1v) is 3.12. The van der Waals surface area contributed by atoms with E-state index in [0.29, 0.717) is 0 Å². The average Bonchev–Trinajstić information content (AvgIpc) is 0.722. The van der Waals surface area contributed by atoms with Crippen molar-refractivity contribution in [2.24, 2.45) is 0 Å². The Hall–Kier alpha value is 0.234. The van der Waals surface area contributed by atoms with Gasteiger partial charge in [-0.05, 0) is 0 Å². The Morgan fingerprint density at radius 1 is 0.500 bits per heavy atom. The fraction of sp³-hybridized carbons (Fsp3) is 0. The molecule has 0 aliphatic carbocycles. The molecule has 0 rings (SSSR count). The van der Waals surface area contributed by atoms with Crippen LogP contribution in [0.4, 0.5) is 12.4 Å². The first kappa shape index (κ1) is 48.7. The van der Waals surface area contributed by atoms with Crippen LogP contribution in [0.5, 0.6) is 0 Å². The van der Waals surface area contributed by atoms with E-state index in [1.807, 2.05) is 0 Å². The van der Waals surface area contributed by atoms with E-state index < -0.39 is 18.7 Å². The van der Waals surface area contributed by atoms with Crippen LogP contribution in [0.1, 0.15) is 0 Å². The molecule has 0 amide bonds. The van der Waals surface area contributed by atoms with Crippen LogP contribution in [0.15, 0.2) is 0 Å². The third-order valence-electron chi connectivity index (χ3n) is 0. The molecule has 0 unspecified atom stereocenters. The van der Waals surface area contributed by atoms with E-state index in [1.54, 1.807) is 0 Å². The van der Waals surface area contributed by atoms with Crippen molar-refractivity contribution < 1.29 is 58.5 Å². The number of halogens is 4. The molecule has 0 fully saturated rings. The Kier molecular flexibility index (Phi) is 78.4. The van der Waals surface area contributed by atoms with E-state index in [1.165, 1.54) is 0 Å². The fourth-order valence-electron chi connectivity index (χ4n) is 0. The monoisotopic (exact) mass is 214 g/mol. The van der Waals surface area contributed by atoms with Crippen LogP contribution in [-0.2, 0) is 18.7 Å². The van der Waals surface area contributed by atoms with Gasteiger partial charge in [0, 0.05) is 0 Å². The molecular weight excluding hydrogens is 204 g/mol. The van der Waals surface area contributed by atoms with Crippen molar-refractivity contribution in [1.29, 1.82) is 0 Å². The molecule has 10 N–H and O–H groups in total. The van der Waals surface area contributed by atoms with Gasteiger partial charge in [0.1, 0.15) is 0 Å². The Morgan fingerprint density at radius 3 is 0.500 bits per heavy atom. The standard InChI is InChI=1S/4FH.5H2O.Ti/h4*1H;5*1H2;/q;;;;;;;;;+4/p-4. The predicted octanol–water partition coefficient (Wildman–Crippen LogP) is -2.45. The fourth-order valence-corrected chi connectivity index (χ4v) is 0. The number of hydrogen-bond donors (Lipinski definition) is 0. The van der Waals surface area contributed by atoms with Crippen LogP contribution in [0.25, 0.3) is 0 Å². The van der Waals surface area contributed by atoms with Gasteiger partial charge in [-0.1, -0.05) is 0 Å². The van der Waals surface area contributed by atoms with Gasteiger partial charge >= 0.3 is 31.1 Å². The van der Waals surface area contributed by atoms with Gasteiger partial charge in [-0.25, -0.2) is 0 Å². The predicted molar refractivity (Wildman–Crippen MR) is 22.5 cm³/mol. The van der Waals surface area contributed by atoms with E-state index in [9.17, 15) is 12.4 Å². The van der Waals surface area contributed by atoms with E-state index in [2.05, 4.69) is 0 Å². The molecule has 0 aromatic rings. The summed E-state index contributed by atoms with van der Waals surface area (Å²) in [7, 11) is 0. The van der Waals surface area contributed by atoms with E-state index in [4.69, 9.17) is 0 Å². The maximum atomic E-state index is 9.88. The molecule has 0 saturated carbocycles. The SMILES string of the molecule is O.O.O.O.O.[F][Ti]([F])([F])[F]. The van der Waals surface area contributed by atoms with Crippen LogP contribution in [0, 0.1) is 0 Å². The van der Waals surface area contributed by atoms with Crippen molar-refractivity contribution in [2.45, 2.75) is 0 Å². The molecule has 0 heterocycles. The Balaban J connectivity index is -0.00000000800. The summed E-state index contributed by atoms with van der Waals surface area (Å²) in [6, 6.07) is 0. The summed E-state index contributed by atoms with van der Waals surface area (Å²) in [5.41, 5.74) is 0. The van der Waals surface area contributed by atoms with Gasteiger partial charge in [0.05, 0.1) is 0 Å². The molecule has 5 nitrogen and oxygen atoms in total. The zero-order valence-corrected chi connectivity index (χ0v) is 6.07. The van der Waals surface area contributed by atoms with Gasteiger partial charge < -0.3 is 27.4 Å². The molecule has 0 aromatic heterocycles. The second-order valence-corrected chi connectivity index (χ2v) is 1.77. The molecule has 0 aliphatic rings. The molecule has 72 valence electrons. The van der Waals surface area contributed by atoms with Gasteiger partial charge in [-0.3, -0.25) is 0 Å². The molecule has 0 bridgehead atoms. The first-order valence-electron chi connectivity index (χ1n) is 0.756. The molecule has 0 aromatic carbocycles. The van der Waals surface area contributed by atoms with Crippen LogP contribution in [0.2, 0.25) is 0 Å². The van der Waals surface area contributed by atoms with Crippen LogP contribution in [-0.4, -0.2) is 27.4 Å². The van der Waals surface area contributed by atoms with Crippen molar-refractivity contribution in [3.8, 4) is 0 Å². The summed E-state index contributed by atoms with van der Waals surface area (Å²) in [6.07, 6.45) is 0. The molecule has 0 aliphatic heterocycles.